The first-order chi connectivity index (χ1) is 37.1. The summed E-state index contributed by atoms with van der Waals surface area (Å²) in [5, 5.41) is 20.4. The molecule has 3 aliphatic rings. The van der Waals surface area contributed by atoms with Crippen molar-refractivity contribution in [2.24, 2.45) is 5.41 Å². The largest absolute Gasteiger partial charge is 0.391 e. The van der Waals surface area contributed by atoms with Crippen LogP contribution in [0, 0.1) is 24.0 Å². The summed E-state index contributed by atoms with van der Waals surface area (Å²) in [6, 6.07) is 22.2. The van der Waals surface area contributed by atoms with Crippen LogP contribution in [0.3, 0.4) is 0 Å². The lowest BCUT2D eigenvalue weighted by Gasteiger charge is -2.43. The van der Waals surface area contributed by atoms with Crippen LogP contribution in [0.4, 0.5) is 18.9 Å². The zero-order chi connectivity index (χ0) is 55.6. The van der Waals surface area contributed by atoms with Gasteiger partial charge >= 0.3 is 0 Å². The number of para-hydroxylation sites is 1. The molecule has 5 atom stereocenters. The van der Waals surface area contributed by atoms with Crippen molar-refractivity contribution in [3.63, 3.8) is 0 Å². The molecule has 0 aliphatic carbocycles. The first-order valence-corrected chi connectivity index (χ1v) is 27.6. The number of rotatable bonds is 16. The highest BCUT2D eigenvalue weighted by Crippen LogP contribution is 2.43. The van der Waals surface area contributed by atoms with Gasteiger partial charge in [-0.2, -0.15) is 0 Å². The lowest BCUT2D eigenvalue weighted by atomic mass is 9.85. The molecule has 0 radical (unpaired) electrons. The molecule has 5 heterocycles. The Morgan fingerprint density at radius 2 is 1.62 bits per heavy atom. The molecule has 2 aromatic heterocycles. The Hall–Kier alpha value is -6.86. The van der Waals surface area contributed by atoms with Gasteiger partial charge in [-0.25, -0.2) is 18.2 Å². The van der Waals surface area contributed by atoms with Gasteiger partial charge in [0.1, 0.15) is 29.4 Å². The van der Waals surface area contributed by atoms with E-state index in [4.69, 9.17) is 0 Å². The maximum Gasteiger partial charge on any atom is 0.251 e. The fraction of sp³-hybridized carbons (Fsp3) is 0.417. The Bertz CT molecular complexity index is 3150. The molecule has 0 spiro atoms. The van der Waals surface area contributed by atoms with E-state index in [0.29, 0.717) is 43.9 Å². The van der Waals surface area contributed by atoms with Crippen LogP contribution in [0.2, 0.25) is 0 Å². The van der Waals surface area contributed by atoms with Crippen LogP contribution in [0.1, 0.15) is 98.0 Å². The van der Waals surface area contributed by atoms with E-state index in [1.54, 1.807) is 23.5 Å². The van der Waals surface area contributed by atoms with Crippen LogP contribution in [0.25, 0.3) is 27.4 Å². The van der Waals surface area contributed by atoms with Gasteiger partial charge in [0.25, 0.3) is 5.91 Å². The minimum Gasteiger partial charge on any atom is -0.391 e. The summed E-state index contributed by atoms with van der Waals surface area (Å²) in [5.41, 5.74) is 6.12. The molecule has 5 N–H and O–H groups in total. The van der Waals surface area contributed by atoms with Crippen molar-refractivity contribution >= 4 is 57.6 Å². The highest BCUT2D eigenvalue weighted by atomic mass is 32.1. The summed E-state index contributed by atoms with van der Waals surface area (Å²) in [4.78, 5) is 71.0. The van der Waals surface area contributed by atoms with Gasteiger partial charge in [0.2, 0.25) is 17.7 Å². The number of halogens is 3. The number of carbonyl (C=O) groups excluding carboxylic acids is 4. The lowest BCUT2D eigenvalue weighted by molar-refractivity contribution is -0.142. The molecule has 78 heavy (non-hydrogen) atoms. The predicted molar refractivity (Wildman–Crippen MR) is 300 cm³/mol. The number of hydrogen-bond acceptors (Lipinski definition) is 10. The summed E-state index contributed by atoms with van der Waals surface area (Å²) in [6.07, 6.45) is 2.43. The Morgan fingerprint density at radius 1 is 0.923 bits per heavy atom. The van der Waals surface area contributed by atoms with Crippen molar-refractivity contribution in [2.45, 2.75) is 104 Å². The van der Waals surface area contributed by atoms with Crippen molar-refractivity contribution < 1.29 is 37.5 Å². The number of likely N-dealkylation sites (tertiary alicyclic amines) is 1. The second kappa shape index (κ2) is 23.2. The topological polar surface area (TPSA) is 166 Å². The van der Waals surface area contributed by atoms with E-state index >= 15 is 13.2 Å². The molecule has 0 bridgehead atoms. The smallest absolute Gasteiger partial charge is 0.251 e. The third kappa shape index (κ3) is 12.7. The SMILES string of the molecule is Cc1ncsc1-c1ccc(CNC(=O)[C@@H]2C[C@@H](O)CN2C(=O)C(NC(=O)c2ccc(N3CCN(CCNC(=O)/C=C/c4cc(F)c([C@@H]5c6[nH]c7ccccc7c6C[C@@H](C)N5CC(C)(C)F)c(F)c4)CC3)cc2)C(C)(C)C)cc1. The standard InChI is InChI=1S/C60H70F3N9O5S/c1-36-28-45-44-10-8-9-11-48(44)67-52(45)53(72(36)34-60(6,7)63)51-46(61)29-39(30-47(51)62)14-21-50(74)64-22-23-69-24-26-70(27-25-69)42-19-17-41(18-20-42)56(75)68-55(59(3,4)5)58(77)71-33-43(73)31-49(71)57(76)65-32-38-12-15-40(16-13-38)54-37(2)66-35-78-54/h8-21,29-30,35-36,43,49,53,55,67,73H,22-28,31-34H2,1-7H3,(H,64,74)(H,65,76)(H,68,75)/b21-14+/t36-,43-,49+,53-,55?/m1/s1. The molecule has 14 nitrogen and oxygen atoms in total. The van der Waals surface area contributed by atoms with Crippen molar-refractivity contribution in [1.82, 2.24) is 40.6 Å². The zero-order valence-corrected chi connectivity index (χ0v) is 46.2. The van der Waals surface area contributed by atoms with E-state index in [0.717, 1.165) is 56.9 Å². The molecule has 6 aromatic rings. The van der Waals surface area contributed by atoms with Gasteiger partial charge in [-0.15, -0.1) is 11.3 Å². The molecular weight excluding hydrogens is 1020 g/mol. The molecule has 9 rings (SSSR count). The van der Waals surface area contributed by atoms with Gasteiger partial charge in [-0.1, -0.05) is 63.2 Å². The van der Waals surface area contributed by atoms with Gasteiger partial charge in [-0.05, 0) is 110 Å². The number of H-pyrrole nitrogens is 1. The highest BCUT2D eigenvalue weighted by molar-refractivity contribution is 7.13. The van der Waals surface area contributed by atoms with Crippen LogP contribution in [0.15, 0.2) is 96.5 Å². The van der Waals surface area contributed by atoms with E-state index < -0.39 is 64.7 Å². The minimum atomic E-state index is -1.62. The van der Waals surface area contributed by atoms with E-state index in [1.165, 1.54) is 43.0 Å². The number of benzene rings is 4. The number of carbonyl (C=O) groups is 4. The summed E-state index contributed by atoms with van der Waals surface area (Å²) >= 11 is 1.57. The predicted octanol–water partition coefficient (Wildman–Crippen LogP) is 8.34. The number of hydrogen-bond donors (Lipinski definition) is 5. The lowest BCUT2D eigenvalue weighted by Crippen LogP contribution is -2.57. The monoisotopic (exact) mass is 1090 g/mol. The molecule has 4 amide bonds. The van der Waals surface area contributed by atoms with Crippen LogP contribution in [-0.2, 0) is 27.3 Å². The Morgan fingerprint density at radius 3 is 2.27 bits per heavy atom. The number of aryl methyl sites for hydroxylation is 1. The molecule has 1 unspecified atom stereocenters. The number of thiazole rings is 1. The Labute approximate surface area is 458 Å². The molecule has 4 aromatic carbocycles. The average Bonchev–Trinajstić information content (AvgIpc) is 4.30. The van der Waals surface area contributed by atoms with Crippen LogP contribution in [-0.4, -0.2) is 136 Å². The van der Waals surface area contributed by atoms with Crippen molar-refractivity contribution in [1.29, 1.82) is 0 Å². The number of aromatic amines is 1. The first kappa shape index (κ1) is 55.9. The summed E-state index contributed by atoms with van der Waals surface area (Å²) < 4.78 is 47.6. The molecule has 2 saturated heterocycles. The summed E-state index contributed by atoms with van der Waals surface area (Å²) in [7, 11) is 0. The molecule has 412 valence electrons. The number of β-amino-alcohol motifs (C(OH)–C–C–N with tert-alkyl or cyclic N) is 1. The molecule has 3 aliphatic heterocycles. The Kier molecular flexibility index (Phi) is 16.6. The molecule has 18 heteroatoms. The highest BCUT2D eigenvalue weighted by Gasteiger charge is 2.45. The second-order valence-corrected chi connectivity index (χ2v) is 23.5. The van der Waals surface area contributed by atoms with Crippen LogP contribution >= 0.6 is 11.3 Å². The Balaban J connectivity index is 0.742. The van der Waals surface area contributed by atoms with Gasteiger partial charge in [-0.3, -0.25) is 29.0 Å². The van der Waals surface area contributed by atoms with Gasteiger partial charge < -0.3 is 35.8 Å². The number of anilines is 1. The van der Waals surface area contributed by atoms with E-state index in [-0.39, 0.29) is 49.1 Å². The summed E-state index contributed by atoms with van der Waals surface area (Å²) in [5.74, 6) is -3.23. The normalized spacial score (nSPS) is 19.8. The maximum absolute atomic E-state index is 16.2. The fourth-order valence-corrected chi connectivity index (χ4v) is 11.9. The number of aromatic nitrogens is 2. The molecular formula is C60H70F3N9O5S. The number of nitrogens with one attached hydrogen (secondary N) is 4. The van der Waals surface area contributed by atoms with Gasteiger partial charge in [0.15, 0.2) is 0 Å². The number of aliphatic hydroxyl groups is 1. The van der Waals surface area contributed by atoms with Crippen molar-refractivity contribution in [2.75, 3.05) is 57.3 Å². The molecule has 2 fully saturated rings. The zero-order valence-electron chi connectivity index (χ0n) is 45.3. The summed E-state index contributed by atoms with van der Waals surface area (Å²) in [6.45, 7) is 16.4. The number of amides is 4. The number of alkyl halides is 1. The average molecular weight is 1090 g/mol. The van der Waals surface area contributed by atoms with Gasteiger partial charge in [0.05, 0.1) is 28.2 Å². The number of aliphatic hydroxyl groups excluding tert-OH is 1. The van der Waals surface area contributed by atoms with Gasteiger partial charge in [0, 0.05) is 111 Å². The fourth-order valence-electron chi connectivity index (χ4n) is 11.1. The van der Waals surface area contributed by atoms with Crippen molar-refractivity contribution in [3.8, 4) is 10.4 Å². The minimum absolute atomic E-state index is 0.0290. The quantitative estimate of drug-likeness (QED) is 0.0600. The van der Waals surface area contributed by atoms with Crippen molar-refractivity contribution in [3.05, 3.63) is 147 Å². The third-order valence-corrected chi connectivity index (χ3v) is 16.1. The van der Waals surface area contributed by atoms with E-state index in [2.05, 4.69) is 35.7 Å². The number of fused-ring (bicyclic) bond motifs is 3. The van der Waals surface area contributed by atoms with Crippen LogP contribution in [0.5, 0.6) is 0 Å². The second-order valence-electron chi connectivity index (χ2n) is 22.7. The first-order valence-electron chi connectivity index (χ1n) is 26.7. The third-order valence-electron chi connectivity index (χ3n) is 15.2. The number of nitrogens with zero attached hydrogens (tertiary/aromatic N) is 5. The van der Waals surface area contributed by atoms with E-state index in [9.17, 15) is 24.3 Å². The number of piperazine rings is 1. The van der Waals surface area contributed by atoms with Crippen LogP contribution < -0.4 is 20.9 Å². The maximum atomic E-state index is 16.2. The molecule has 0 saturated carbocycles. The van der Waals surface area contributed by atoms with E-state index in [1.807, 2.05) is 106 Å².